The second kappa shape index (κ2) is 7.23. The topological polar surface area (TPSA) is 117 Å². The maximum Gasteiger partial charge on any atom is 0.339 e. The predicted molar refractivity (Wildman–Crippen MR) is 86.0 cm³/mol. The van der Waals surface area contributed by atoms with Gasteiger partial charge in [0.2, 0.25) is 5.75 Å². The molecule has 0 radical (unpaired) electrons. The monoisotopic (exact) mass is 334 g/mol. The van der Waals surface area contributed by atoms with Crippen molar-refractivity contribution >= 4 is 35.2 Å². The van der Waals surface area contributed by atoms with Crippen molar-refractivity contribution in [1.82, 2.24) is 5.43 Å². The number of carbonyl (C=O) groups is 1. The molecule has 0 spiro atoms. The number of urea groups is 1. The van der Waals surface area contributed by atoms with E-state index in [2.05, 4.69) is 15.8 Å². The maximum absolute atomic E-state index is 11.6. The summed E-state index contributed by atoms with van der Waals surface area (Å²) in [5.41, 5.74) is 2.20. The molecule has 0 aliphatic heterocycles. The van der Waals surface area contributed by atoms with E-state index in [1.165, 1.54) is 6.07 Å². The minimum Gasteiger partial charge on any atom is -0.502 e. The molecule has 0 aliphatic carbocycles. The van der Waals surface area contributed by atoms with E-state index in [1.54, 1.807) is 30.3 Å². The van der Waals surface area contributed by atoms with Crippen LogP contribution >= 0.6 is 11.6 Å². The van der Waals surface area contributed by atoms with Crippen LogP contribution in [0.2, 0.25) is 5.02 Å². The largest absolute Gasteiger partial charge is 0.502 e. The summed E-state index contributed by atoms with van der Waals surface area (Å²) >= 11 is 5.74. The lowest BCUT2D eigenvalue weighted by Crippen LogP contribution is -2.24. The van der Waals surface area contributed by atoms with E-state index in [-0.39, 0.29) is 10.6 Å². The number of phenolic OH excluding ortho intramolecular Hbond substituents is 1. The fourth-order valence-electron chi connectivity index (χ4n) is 1.68. The van der Waals surface area contributed by atoms with Crippen molar-refractivity contribution in [3.63, 3.8) is 0 Å². The summed E-state index contributed by atoms with van der Waals surface area (Å²) < 4.78 is 0. The van der Waals surface area contributed by atoms with E-state index in [0.29, 0.717) is 5.69 Å². The molecule has 8 nitrogen and oxygen atoms in total. The first kappa shape index (κ1) is 16.2. The number of nitro benzene ring substituents is 1. The first-order valence-corrected chi connectivity index (χ1v) is 6.67. The number of nitrogens with zero attached hydrogens (tertiary/aromatic N) is 2. The fraction of sp³-hybridized carbons (Fsp3) is 0. The molecule has 0 heterocycles. The number of rotatable bonds is 4. The number of hydrogen-bond donors (Lipinski definition) is 3. The number of amides is 2. The Bertz CT molecular complexity index is 765. The lowest BCUT2D eigenvalue weighted by atomic mass is 10.2. The number of nitro groups is 1. The third-order valence-corrected chi connectivity index (χ3v) is 2.90. The molecule has 2 rings (SSSR count). The summed E-state index contributed by atoms with van der Waals surface area (Å²) in [6.45, 7) is 0. The van der Waals surface area contributed by atoms with E-state index >= 15 is 0 Å². The van der Waals surface area contributed by atoms with E-state index in [0.717, 1.165) is 12.3 Å². The van der Waals surface area contributed by atoms with Crippen LogP contribution in [-0.2, 0) is 0 Å². The predicted octanol–water partition coefficient (Wildman–Crippen LogP) is 3.11. The molecule has 0 aromatic heterocycles. The molecule has 2 aromatic carbocycles. The Morgan fingerprint density at radius 3 is 2.65 bits per heavy atom. The third-order valence-electron chi connectivity index (χ3n) is 2.68. The Morgan fingerprint density at radius 1 is 1.30 bits per heavy atom. The van der Waals surface area contributed by atoms with E-state index in [4.69, 9.17) is 11.6 Å². The smallest absolute Gasteiger partial charge is 0.339 e. The van der Waals surface area contributed by atoms with Crippen molar-refractivity contribution in [3.05, 3.63) is 63.2 Å². The lowest BCUT2D eigenvalue weighted by molar-refractivity contribution is -0.385. The van der Waals surface area contributed by atoms with Crippen LogP contribution < -0.4 is 10.7 Å². The standard InChI is InChI=1S/C14H11ClN4O4/c15-10-6-9(13(20)12(7-10)19(22)23)8-16-18-14(21)17-11-4-2-1-3-5-11/h1-8,20H,(H2,17,18,21)/b16-8+. The number of halogens is 1. The van der Waals surface area contributed by atoms with Crippen LogP contribution in [0.5, 0.6) is 5.75 Å². The highest BCUT2D eigenvalue weighted by molar-refractivity contribution is 6.31. The number of anilines is 1. The summed E-state index contributed by atoms with van der Waals surface area (Å²) in [5, 5.41) is 26.7. The molecule has 9 heteroatoms. The van der Waals surface area contributed by atoms with Crippen molar-refractivity contribution in [3.8, 4) is 5.75 Å². The van der Waals surface area contributed by atoms with Gasteiger partial charge in [-0.1, -0.05) is 29.8 Å². The van der Waals surface area contributed by atoms with Crippen LogP contribution in [0.1, 0.15) is 5.56 Å². The normalized spacial score (nSPS) is 10.5. The molecular weight excluding hydrogens is 324 g/mol. The van der Waals surface area contributed by atoms with Crippen molar-refractivity contribution in [1.29, 1.82) is 0 Å². The van der Waals surface area contributed by atoms with Gasteiger partial charge in [0, 0.05) is 22.3 Å². The molecule has 3 N–H and O–H groups in total. The van der Waals surface area contributed by atoms with Crippen LogP contribution in [-0.4, -0.2) is 22.3 Å². The Balaban J connectivity index is 2.06. The van der Waals surface area contributed by atoms with Gasteiger partial charge >= 0.3 is 11.7 Å². The van der Waals surface area contributed by atoms with Gasteiger partial charge in [-0.3, -0.25) is 10.1 Å². The molecule has 118 valence electrons. The van der Waals surface area contributed by atoms with Gasteiger partial charge in [0.05, 0.1) is 11.1 Å². The zero-order chi connectivity index (χ0) is 16.8. The fourth-order valence-corrected chi connectivity index (χ4v) is 1.90. The number of phenols is 1. The minimum atomic E-state index is -0.770. The van der Waals surface area contributed by atoms with Crippen LogP contribution in [0.15, 0.2) is 47.6 Å². The van der Waals surface area contributed by atoms with Gasteiger partial charge in [-0.15, -0.1) is 0 Å². The SMILES string of the molecule is O=C(N/N=C/c1cc(Cl)cc([N+](=O)[O-])c1O)Nc1ccccc1. The highest BCUT2D eigenvalue weighted by Crippen LogP contribution is 2.32. The lowest BCUT2D eigenvalue weighted by Gasteiger charge is -2.04. The zero-order valence-electron chi connectivity index (χ0n) is 11.6. The summed E-state index contributed by atoms with van der Waals surface area (Å²) in [6.07, 6.45) is 1.05. The van der Waals surface area contributed by atoms with Gasteiger partial charge in [0.15, 0.2) is 0 Å². The summed E-state index contributed by atoms with van der Waals surface area (Å²) in [5.74, 6) is -0.589. The summed E-state index contributed by atoms with van der Waals surface area (Å²) in [6, 6.07) is 10.4. The first-order chi connectivity index (χ1) is 11.0. The van der Waals surface area contributed by atoms with E-state index in [9.17, 15) is 20.0 Å². The highest BCUT2D eigenvalue weighted by Gasteiger charge is 2.17. The number of para-hydroxylation sites is 1. The van der Waals surface area contributed by atoms with Gasteiger partial charge in [-0.2, -0.15) is 5.10 Å². The summed E-state index contributed by atoms with van der Waals surface area (Å²) in [4.78, 5) is 21.6. The molecule has 2 amide bonds. The second-order valence-electron chi connectivity index (χ2n) is 4.31. The third kappa shape index (κ3) is 4.42. The number of hydrogen-bond acceptors (Lipinski definition) is 5. The molecule has 23 heavy (non-hydrogen) atoms. The molecule has 0 saturated carbocycles. The summed E-state index contributed by atoms with van der Waals surface area (Å²) in [7, 11) is 0. The van der Waals surface area contributed by atoms with Crippen molar-refractivity contribution in [2.45, 2.75) is 0 Å². The number of nitrogens with one attached hydrogen (secondary N) is 2. The average Bonchev–Trinajstić information content (AvgIpc) is 2.51. The van der Waals surface area contributed by atoms with Gasteiger partial charge in [-0.05, 0) is 18.2 Å². The zero-order valence-corrected chi connectivity index (χ0v) is 12.3. The molecule has 0 saturated heterocycles. The molecule has 2 aromatic rings. The van der Waals surface area contributed by atoms with Crippen LogP contribution in [0, 0.1) is 10.1 Å². The Kier molecular flexibility index (Phi) is 5.11. The molecule has 0 atom stereocenters. The van der Waals surface area contributed by atoms with Crippen LogP contribution in [0.3, 0.4) is 0 Å². The minimum absolute atomic E-state index is 0.00390. The Labute approximate surface area is 135 Å². The number of benzene rings is 2. The molecule has 0 unspecified atom stereocenters. The molecule has 0 aliphatic rings. The number of hydrazone groups is 1. The van der Waals surface area contributed by atoms with Crippen molar-refractivity contribution in [2.24, 2.45) is 5.10 Å². The van der Waals surface area contributed by atoms with Gasteiger partial charge in [0.1, 0.15) is 0 Å². The van der Waals surface area contributed by atoms with Crippen molar-refractivity contribution in [2.75, 3.05) is 5.32 Å². The highest BCUT2D eigenvalue weighted by atomic mass is 35.5. The first-order valence-electron chi connectivity index (χ1n) is 6.29. The number of aromatic hydroxyl groups is 1. The average molecular weight is 335 g/mol. The maximum atomic E-state index is 11.6. The van der Waals surface area contributed by atoms with Crippen LogP contribution in [0.25, 0.3) is 0 Å². The second-order valence-corrected chi connectivity index (χ2v) is 4.75. The van der Waals surface area contributed by atoms with Crippen LogP contribution in [0.4, 0.5) is 16.2 Å². The van der Waals surface area contributed by atoms with Gasteiger partial charge in [-0.25, -0.2) is 10.2 Å². The Morgan fingerprint density at radius 2 is 2.00 bits per heavy atom. The van der Waals surface area contributed by atoms with Gasteiger partial charge < -0.3 is 10.4 Å². The van der Waals surface area contributed by atoms with Gasteiger partial charge in [0.25, 0.3) is 0 Å². The van der Waals surface area contributed by atoms with Crippen molar-refractivity contribution < 1.29 is 14.8 Å². The molecule has 0 bridgehead atoms. The Hall–Kier alpha value is -3.13. The van der Waals surface area contributed by atoms with E-state index in [1.807, 2.05) is 0 Å². The quantitative estimate of drug-likeness (QED) is 0.452. The number of carbonyl (C=O) groups excluding carboxylic acids is 1. The van der Waals surface area contributed by atoms with E-state index < -0.39 is 22.4 Å². The molecular formula is C14H11ClN4O4. The molecule has 0 fully saturated rings.